The standard InChI is InChI=1S/C13H27N3O3.2ClH/c1-11-9-16(6-5-15(11)10-12(2)17)13(18)8-14-4-7-19-3;;/h11-12,14,17H,4-10H2,1-3H3;2*1H. The second kappa shape index (κ2) is 12.4. The second-order valence-corrected chi connectivity index (χ2v) is 5.20. The van der Waals surface area contributed by atoms with Crippen molar-refractivity contribution in [3.63, 3.8) is 0 Å². The number of nitrogens with one attached hydrogen (secondary N) is 1. The number of hydrogen-bond acceptors (Lipinski definition) is 5. The molecule has 1 rings (SSSR count). The summed E-state index contributed by atoms with van der Waals surface area (Å²) in [6.45, 7) is 8.55. The van der Waals surface area contributed by atoms with Gasteiger partial charge >= 0.3 is 0 Å². The van der Waals surface area contributed by atoms with Crippen LogP contribution in [0, 0.1) is 0 Å². The lowest BCUT2D eigenvalue weighted by Crippen LogP contribution is -2.56. The molecule has 1 saturated heterocycles. The van der Waals surface area contributed by atoms with Gasteiger partial charge in [0.05, 0.1) is 19.3 Å². The number of methoxy groups -OCH3 is 1. The first-order valence-electron chi connectivity index (χ1n) is 6.94. The molecule has 1 aliphatic rings. The summed E-state index contributed by atoms with van der Waals surface area (Å²) < 4.78 is 4.92. The largest absolute Gasteiger partial charge is 0.392 e. The number of halogens is 2. The van der Waals surface area contributed by atoms with Crippen LogP contribution in [0.4, 0.5) is 0 Å². The molecule has 1 amide bonds. The quantitative estimate of drug-likeness (QED) is 0.635. The van der Waals surface area contributed by atoms with E-state index in [9.17, 15) is 9.90 Å². The molecular formula is C13H29Cl2N3O3. The predicted octanol–water partition coefficient (Wildman–Crippen LogP) is -0.0205. The topological polar surface area (TPSA) is 65.0 Å². The number of aliphatic hydroxyl groups is 1. The minimum absolute atomic E-state index is 0. The lowest BCUT2D eigenvalue weighted by Gasteiger charge is -2.40. The lowest BCUT2D eigenvalue weighted by atomic mass is 10.1. The summed E-state index contributed by atoms with van der Waals surface area (Å²) in [5.41, 5.74) is 0. The second-order valence-electron chi connectivity index (χ2n) is 5.20. The SMILES string of the molecule is COCCNCC(=O)N1CCN(CC(C)O)C(C)C1.Cl.Cl. The molecule has 0 radical (unpaired) electrons. The normalized spacial score (nSPS) is 20.4. The first-order valence-corrected chi connectivity index (χ1v) is 6.94. The molecule has 128 valence electrons. The minimum Gasteiger partial charge on any atom is -0.392 e. The maximum Gasteiger partial charge on any atom is 0.236 e. The molecule has 0 spiro atoms. The highest BCUT2D eigenvalue weighted by Gasteiger charge is 2.26. The average molecular weight is 346 g/mol. The van der Waals surface area contributed by atoms with Gasteiger partial charge in [0.1, 0.15) is 0 Å². The zero-order valence-electron chi connectivity index (χ0n) is 13.1. The molecule has 1 heterocycles. The average Bonchev–Trinajstić information content (AvgIpc) is 2.36. The van der Waals surface area contributed by atoms with Crippen LogP contribution < -0.4 is 5.32 Å². The van der Waals surface area contributed by atoms with Gasteiger partial charge in [-0.15, -0.1) is 24.8 Å². The Bertz CT molecular complexity index is 283. The van der Waals surface area contributed by atoms with Crippen LogP contribution in [0.5, 0.6) is 0 Å². The fourth-order valence-electron chi connectivity index (χ4n) is 2.31. The van der Waals surface area contributed by atoms with Gasteiger partial charge < -0.3 is 20.1 Å². The highest BCUT2D eigenvalue weighted by atomic mass is 35.5. The van der Waals surface area contributed by atoms with Crippen LogP contribution in [0.15, 0.2) is 0 Å². The number of rotatable bonds is 7. The van der Waals surface area contributed by atoms with Gasteiger partial charge in [-0.05, 0) is 13.8 Å². The van der Waals surface area contributed by atoms with E-state index in [2.05, 4.69) is 17.1 Å². The fourth-order valence-corrected chi connectivity index (χ4v) is 2.31. The molecule has 8 heteroatoms. The molecule has 0 aliphatic carbocycles. The van der Waals surface area contributed by atoms with E-state index in [4.69, 9.17) is 4.74 Å². The van der Waals surface area contributed by atoms with Gasteiger partial charge in [0.15, 0.2) is 0 Å². The minimum atomic E-state index is -0.319. The summed E-state index contributed by atoms with van der Waals surface area (Å²) in [5, 5.41) is 12.5. The summed E-state index contributed by atoms with van der Waals surface area (Å²) >= 11 is 0. The van der Waals surface area contributed by atoms with Gasteiger partial charge in [-0.25, -0.2) is 0 Å². The Morgan fingerprint density at radius 2 is 2.10 bits per heavy atom. The number of aliphatic hydroxyl groups excluding tert-OH is 1. The molecule has 0 aromatic carbocycles. The number of piperazine rings is 1. The Balaban J connectivity index is 0. The maximum atomic E-state index is 12.0. The van der Waals surface area contributed by atoms with Crippen molar-refractivity contribution in [2.24, 2.45) is 0 Å². The van der Waals surface area contributed by atoms with Gasteiger partial charge in [-0.3, -0.25) is 9.69 Å². The van der Waals surface area contributed by atoms with E-state index in [1.807, 2.05) is 4.90 Å². The third kappa shape index (κ3) is 8.80. The molecule has 0 bridgehead atoms. The number of β-amino-alcohol motifs (C(OH)–C–C–N with tert-alkyl or cyclic N) is 1. The number of ether oxygens (including phenoxy) is 1. The number of carbonyl (C=O) groups is 1. The molecule has 2 atom stereocenters. The van der Waals surface area contributed by atoms with E-state index in [1.165, 1.54) is 0 Å². The first kappa shape index (κ1) is 23.2. The van der Waals surface area contributed by atoms with Gasteiger partial charge in [-0.1, -0.05) is 0 Å². The summed E-state index contributed by atoms with van der Waals surface area (Å²) in [7, 11) is 1.65. The molecule has 2 N–H and O–H groups in total. The number of amides is 1. The van der Waals surface area contributed by atoms with Crippen molar-refractivity contribution in [3.05, 3.63) is 0 Å². The van der Waals surface area contributed by atoms with Crippen molar-refractivity contribution < 1.29 is 14.6 Å². The predicted molar refractivity (Wildman–Crippen MR) is 88.5 cm³/mol. The first-order chi connectivity index (χ1) is 9.04. The van der Waals surface area contributed by atoms with Crippen molar-refractivity contribution in [2.45, 2.75) is 26.0 Å². The van der Waals surface area contributed by atoms with Crippen molar-refractivity contribution >= 4 is 30.7 Å². The zero-order valence-corrected chi connectivity index (χ0v) is 14.7. The van der Waals surface area contributed by atoms with E-state index >= 15 is 0 Å². The maximum absolute atomic E-state index is 12.0. The molecule has 6 nitrogen and oxygen atoms in total. The molecule has 1 aliphatic heterocycles. The van der Waals surface area contributed by atoms with Crippen LogP contribution >= 0.6 is 24.8 Å². The van der Waals surface area contributed by atoms with Crippen LogP contribution in [0.1, 0.15) is 13.8 Å². The van der Waals surface area contributed by atoms with E-state index in [0.717, 1.165) is 19.6 Å². The summed E-state index contributed by atoms with van der Waals surface area (Å²) in [6, 6.07) is 0.297. The number of carbonyl (C=O) groups excluding carboxylic acids is 1. The number of nitrogens with zero attached hydrogens (tertiary/aromatic N) is 2. The van der Waals surface area contributed by atoms with E-state index < -0.39 is 0 Å². The van der Waals surface area contributed by atoms with E-state index in [-0.39, 0.29) is 36.8 Å². The Labute approximate surface area is 140 Å². The highest BCUT2D eigenvalue weighted by molar-refractivity contribution is 5.85. The molecular weight excluding hydrogens is 317 g/mol. The molecule has 0 saturated carbocycles. The molecule has 2 unspecified atom stereocenters. The fraction of sp³-hybridized carbons (Fsp3) is 0.923. The third-order valence-corrected chi connectivity index (χ3v) is 3.38. The molecule has 0 aromatic rings. The van der Waals surface area contributed by atoms with Crippen LogP contribution in [0.2, 0.25) is 0 Å². The summed E-state index contributed by atoms with van der Waals surface area (Å²) in [4.78, 5) is 16.1. The summed E-state index contributed by atoms with van der Waals surface area (Å²) in [5.74, 6) is 0.139. The zero-order chi connectivity index (χ0) is 14.3. The van der Waals surface area contributed by atoms with Gasteiger partial charge in [0.2, 0.25) is 5.91 Å². The van der Waals surface area contributed by atoms with Crippen molar-refractivity contribution in [1.29, 1.82) is 0 Å². The lowest BCUT2D eigenvalue weighted by molar-refractivity contribution is -0.133. The van der Waals surface area contributed by atoms with Gasteiger partial charge in [0, 0.05) is 45.9 Å². The monoisotopic (exact) mass is 345 g/mol. The smallest absolute Gasteiger partial charge is 0.236 e. The Morgan fingerprint density at radius 3 is 2.62 bits per heavy atom. The number of hydrogen-bond donors (Lipinski definition) is 2. The summed E-state index contributed by atoms with van der Waals surface area (Å²) in [6.07, 6.45) is -0.319. The van der Waals surface area contributed by atoms with Crippen LogP contribution in [-0.2, 0) is 9.53 Å². The third-order valence-electron chi connectivity index (χ3n) is 3.38. The van der Waals surface area contributed by atoms with Crippen LogP contribution in [0.25, 0.3) is 0 Å². The Kier molecular flexibility index (Phi) is 13.7. The van der Waals surface area contributed by atoms with Crippen molar-refractivity contribution in [2.75, 3.05) is 53.0 Å². The van der Waals surface area contributed by atoms with Crippen molar-refractivity contribution in [1.82, 2.24) is 15.1 Å². The van der Waals surface area contributed by atoms with Crippen molar-refractivity contribution in [3.8, 4) is 0 Å². The van der Waals surface area contributed by atoms with Crippen LogP contribution in [-0.4, -0.2) is 85.9 Å². The van der Waals surface area contributed by atoms with Crippen LogP contribution in [0.3, 0.4) is 0 Å². The molecule has 21 heavy (non-hydrogen) atoms. The van der Waals surface area contributed by atoms with E-state index in [1.54, 1.807) is 14.0 Å². The highest BCUT2D eigenvalue weighted by Crippen LogP contribution is 2.10. The Hall–Kier alpha value is -0.110. The van der Waals surface area contributed by atoms with Gasteiger partial charge in [0.25, 0.3) is 0 Å². The van der Waals surface area contributed by atoms with Gasteiger partial charge in [-0.2, -0.15) is 0 Å². The Morgan fingerprint density at radius 1 is 1.43 bits per heavy atom. The molecule has 0 aromatic heterocycles. The van der Waals surface area contributed by atoms with E-state index in [0.29, 0.717) is 32.3 Å². The molecule has 1 fully saturated rings.